The third kappa shape index (κ3) is 3.16. The lowest BCUT2D eigenvalue weighted by Gasteiger charge is -2.41. The van der Waals surface area contributed by atoms with Crippen molar-refractivity contribution < 1.29 is 0 Å². The number of likely N-dealkylation sites (N-methyl/N-ethyl adjacent to an activating group) is 1. The van der Waals surface area contributed by atoms with E-state index in [2.05, 4.69) is 59.5 Å². The van der Waals surface area contributed by atoms with E-state index < -0.39 is 0 Å². The maximum atomic E-state index is 3.67. The Morgan fingerprint density at radius 2 is 1.89 bits per heavy atom. The second kappa shape index (κ2) is 6.21. The van der Waals surface area contributed by atoms with Gasteiger partial charge >= 0.3 is 0 Å². The third-order valence-corrected chi connectivity index (χ3v) is 5.34. The van der Waals surface area contributed by atoms with E-state index in [0.717, 1.165) is 6.42 Å². The second-order valence-corrected chi connectivity index (χ2v) is 6.71. The first-order chi connectivity index (χ1) is 8.65. The fourth-order valence-electron chi connectivity index (χ4n) is 3.29. The molecule has 1 saturated carbocycles. The zero-order valence-electron chi connectivity index (χ0n) is 11.5. The van der Waals surface area contributed by atoms with Crippen LogP contribution in [0, 0.1) is 5.41 Å². The van der Waals surface area contributed by atoms with Gasteiger partial charge in [-0.15, -0.1) is 0 Å². The molecule has 18 heavy (non-hydrogen) atoms. The van der Waals surface area contributed by atoms with Crippen LogP contribution in [0.4, 0.5) is 0 Å². The molecule has 1 aromatic carbocycles. The van der Waals surface area contributed by atoms with Crippen molar-refractivity contribution in [1.82, 2.24) is 5.32 Å². The highest BCUT2D eigenvalue weighted by Gasteiger charge is 2.34. The van der Waals surface area contributed by atoms with Crippen molar-refractivity contribution in [3.05, 3.63) is 34.3 Å². The molecular formula is C16H24BrN. The van der Waals surface area contributed by atoms with E-state index in [9.17, 15) is 0 Å². The molecule has 100 valence electrons. The van der Waals surface area contributed by atoms with Crippen molar-refractivity contribution in [2.45, 2.75) is 51.5 Å². The van der Waals surface area contributed by atoms with Crippen molar-refractivity contribution >= 4 is 15.9 Å². The van der Waals surface area contributed by atoms with Crippen molar-refractivity contribution in [1.29, 1.82) is 0 Å². The number of nitrogens with one attached hydrogen (secondary N) is 1. The van der Waals surface area contributed by atoms with Gasteiger partial charge in [-0.25, -0.2) is 0 Å². The Morgan fingerprint density at radius 3 is 2.50 bits per heavy atom. The Hall–Kier alpha value is -0.340. The largest absolute Gasteiger partial charge is 0.316 e. The molecule has 0 aromatic heterocycles. The van der Waals surface area contributed by atoms with E-state index in [1.54, 1.807) is 0 Å². The molecule has 1 N–H and O–H groups in total. The minimum absolute atomic E-state index is 0.461. The minimum atomic E-state index is 0.461. The monoisotopic (exact) mass is 309 g/mol. The average molecular weight is 310 g/mol. The van der Waals surface area contributed by atoms with Crippen LogP contribution in [-0.4, -0.2) is 13.1 Å². The van der Waals surface area contributed by atoms with Gasteiger partial charge < -0.3 is 5.32 Å². The number of benzene rings is 1. The van der Waals surface area contributed by atoms with Gasteiger partial charge in [0.25, 0.3) is 0 Å². The van der Waals surface area contributed by atoms with Crippen LogP contribution in [-0.2, 0) is 6.42 Å². The molecule has 2 heteroatoms. The first-order valence-electron chi connectivity index (χ1n) is 7.06. The van der Waals surface area contributed by atoms with E-state index >= 15 is 0 Å². The first-order valence-corrected chi connectivity index (χ1v) is 7.86. The average Bonchev–Trinajstić information content (AvgIpc) is 2.38. The minimum Gasteiger partial charge on any atom is -0.316 e. The maximum absolute atomic E-state index is 3.67. The summed E-state index contributed by atoms with van der Waals surface area (Å²) in [5.41, 5.74) is 1.88. The fourth-order valence-corrected chi connectivity index (χ4v) is 3.74. The quantitative estimate of drug-likeness (QED) is 0.860. The first kappa shape index (κ1) is 14.1. The van der Waals surface area contributed by atoms with Gasteiger partial charge in [-0.3, -0.25) is 0 Å². The molecule has 1 aliphatic carbocycles. The molecule has 1 unspecified atom stereocenters. The normalized spacial score (nSPS) is 20.6. The highest BCUT2D eigenvalue weighted by atomic mass is 79.9. The predicted octanol–water partition coefficient (Wildman–Crippen LogP) is 4.55. The van der Waals surface area contributed by atoms with Crippen LogP contribution < -0.4 is 5.32 Å². The molecule has 1 aliphatic rings. The predicted molar refractivity (Wildman–Crippen MR) is 81.9 cm³/mol. The standard InChI is InChI=1S/C16H24BrN/c1-16(10-6-3-7-11-16)15(18-2)12-13-8-4-5-9-14(13)17/h4-5,8-9,15,18H,3,6-7,10-12H2,1-2H3. The van der Waals surface area contributed by atoms with Gasteiger partial charge in [0.1, 0.15) is 0 Å². The molecule has 1 nitrogen and oxygen atoms in total. The molecule has 0 saturated heterocycles. The highest BCUT2D eigenvalue weighted by molar-refractivity contribution is 9.10. The zero-order valence-corrected chi connectivity index (χ0v) is 13.1. The lowest BCUT2D eigenvalue weighted by atomic mass is 9.69. The van der Waals surface area contributed by atoms with Gasteiger partial charge in [0.15, 0.2) is 0 Å². The van der Waals surface area contributed by atoms with Crippen LogP contribution in [0.2, 0.25) is 0 Å². The second-order valence-electron chi connectivity index (χ2n) is 5.85. The van der Waals surface area contributed by atoms with E-state index in [4.69, 9.17) is 0 Å². The number of hydrogen-bond acceptors (Lipinski definition) is 1. The Balaban J connectivity index is 2.11. The molecule has 0 bridgehead atoms. The van der Waals surface area contributed by atoms with Crippen LogP contribution in [0.5, 0.6) is 0 Å². The summed E-state index contributed by atoms with van der Waals surface area (Å²) in [7, 11) is 2.11. The topological polar surface area (TPSA) is 12.0 Å². The molecule has 1 atom stereocenters. The summed E-state index contributed by atoms with van der Waals surface area (Å²) in [6.07, 6.45) is 8.05. The maximum Gasteiger partial charge on any atom is 0.0207 e. The Morgan fingerprint density at radius 1 is 1.22 bits per heavy atom. The molecule has 2 rings (SSSR count). The van der Waals surface area contributed by atoms with Gasteiger partial charge in [0, 0.05) is 10.5 Å². The van der Waals surface area contributed by atoms with Gasteiger partial charge in [0.2, 0.25) is 0 Å². The van der Waals surface area contributed by atoms with Gasteiger partial charge in [-0.2, -0.15) is 0 Å². The molecule has 1 fully saturated rings. The molecule has 0 radical (unpaired) electrons. The van der Waals surface area contributed by atoms with Crippen LogP contribution >= 0.6 is 15.9 Å². The molecule has 0 spiro atoms. The summed E-state index contributed by atoms with van der Waals surface area (Å²) in [6, 6.07) is 9.18. The summed E-state index contributed by atoms with van der Waals surface area (Å²) >= 11 is 3.67. The van der Waals surface area contributed by atoms with Crippen molar-refractivity contribution in [3.8, 4) is 0 Å². The van der Waals surface area contributed by atoms with Gasteiger partial charge in [0.05, 0.1) is 0 Å². The van der Waals surface area contributed by atoms with Crippen molar-refractivity contribution in [3.63, 3.8) is 0 Å². The van der Waals surface area contributed by atoms with Crippen molar-refractivity contribution in [2.24, 2.45) is 5.41 Å². The lowest BCUT2D eigenvalue weighted by molar-refractivity contribution is 0.149. The summed E-state index contributed by atoms with van der Waals surface area (Å²) in [5.74, 6) is 0. The molecule has 0 amide bonds. The number of hydrogen-bond donors (Lipinski definition) is 1. The zero-order chi connectivity index (χ0) is 13.0. The summed E-state index contributed by atoms with van der Waals surface area (Å²) in [5, 5.41) is 3.57. The summed E-state index contributed by atoms with van der Waals surface area (Å²) < 4.78 is 1.24. The van der Waals surface area contributed by atoms with Crippen LogP contribution in [0.25, 0.3) is 0 Å². The van der Waals surface area contributed by atoms with Gasteiger partial charge in [-0.1, -0.05) is 60.3 Å². The van der Waals surface area contributed by atoms with Crippen molar-refractivity contribution in [2.75, 3.05) is 7.05 Å². The van der Waals surface area contributed by atoms with Crippen LogP contribution in [0.1, 0.15) is 44.6 Å². The van der Waals surface area contributed by atoms with Crippen LogP contribution in [0.15, 0.2) is 28.7 Å². The van der Waals surface area contributed by atoms with E-state index in [1.165, 1.54) is 42.1 Å². The Bertz CT molecular complexity index is 382. The molecule has 0 aliphatic heterocycles. The van der Waals surface area contributed by atoms with E-state index in [1.807, 2.05) is 0 Å². The fraction of sp³-hybridized carbons (Fsp3) is 0.625. The smallest absolute Gasteiger partial charge is 0.0207 e. The van der Waals surface area contributed by atoms with E-state index in [0.29, 0.717) is 11.5 Å². The third-order valence-electron chi connectivity index (χ3n) is 4.57. The molecular weight excluding hydrogens is 286 g/mol. The Labute approximate surface area is 119 Å². The lowest BCUT2D eigenvalue weighted by Crippen LogP contribution is -2.44. The van der Waals surface area contributed by atoms with E-state index in [-0.39, 0.29) is 0 Å². The SMILES string of the molecule is CNC(Cc1ccccc1Br)C1(C)CCCCC1. The number of rotatable bonds is 4. The molecule has 1 aromatic rings. The Kier molecular flexibility index (Phi) is 4.85. The molecule has 0 heterocycles. The summed E-state index contributed by atoms with van der Waals surface area (Å²) in [6.45, 7) is 2.46. The summed E-state index contributed by atoms with van der Waals surface area (Å²) in [4.78, 5) is 0. The van der Waals surface area contributed by atoms with Gasteiger partial charge in [-0.05, 0) is 43.4 Å². The highest BCUT2D eigenvalue weighted by Crippen LogP contribution is 2.40. The van der Waals surface area contributed by atoms with Crippen LogP contribution in [0.3, 0.4) is 0 Å². The number of halogens is 1.